The second-order valence-electron chi connectivity index (χ2n) is 2.39. The van der Waals surface area contributed by atoms with E-state index in [2.05, 4.69) is 0 Å². The predicted octanol–water partition coefficient (Wildman–Crippen LogP) is 1.39. The molecule has 48 valence electrons. The van der Waals surface area contributed by atoms with E-state index < -0.39 is 0 Å². The van der Waals surface area contributed by atoms with Gasteiger partial charge in [0.25, 0.3) is 0 Å². The van der Waals surface area contributed by atoms with Gasteiger partial charge in [-0.2, -0.15) is 0 Å². The fraction of sp³-hybridized carbons (Fsp3) is 1.00. The van der Waals surface area contributed by atoms with Crippen LogP contribution in [0, 0.1) is 5.92 Å². The number of rotatable bonds is 3. The van der Waals surface area contributed by atoms with Crippen LogP contribution in [0.3, 0.4) is 0 Å². The van der Waals surface area contributed by atoms with Crippen LogP contribution < -0.4 is 0 Å². The Hall–Kier alpha value is 0.250. The molecule has 0 bridgehead atoms. The van der Waals surface area contributed by atoms with E-state index in [0.717, 1.165) is 25.1 Å². The molecule has 0 radical (unpaired) electrons. The van der Waals surface area contributed by atoms with Crippen LogP contribution in [0.5, 0.6) is 0 Å². The number of alkyl halides is 1. The Morgan fingerprint density at radius 2 is 2.25 bits per heavy atom. The molecule has 0 aromatic heterocycles. The molecule has 1 aliphatic carbocycles. The highest BCUT2D eigenvalue weighted by atomic mass is 35.5. The molecule has 1 aliphatic rings. The van der Waals surface area contributed by atoms with Gasteiger partial charge in [-0.25, -0.2) is 0 Å². The molecule has 0 heterocycles. The van der Waals surface area contributed by atoms with Crippen LogP contribution in [0.25, 0.3) is 0 Å². The van der Waals surface area contributed by atoms with Gasteiger partial charge in [-0.1, -0.05) is 0 Å². The van der Waals surface area contributed by atoms with Crippen LogP contribution in [0.1, 0.15) is 19.3 Å². The fourth-order valence-corrected chi connectivity index (χ4v) is 1.04. The standard InChI is InChI=1S/C6H11ClO/c7-3-1-2-5-4-6(5)8/h5-6,8H,1-4H2/t5-,6?/m1/s1. The second kappa shape index (κ2) is 2.70. The van der Waals surface area contributed by atoms with Crippen molar-refractivity contribution in [2.45, 2.75) is 25.4 Å². The minimum atomic E-state index is 0.0122. The minimum Gasteiger partial charge on any atom is -0.393 e. The van der Waals surface area contributed by atoms with E-state index in [9.17, 15) is 0 Å². The van der Waals surface area contributed by atoms with Gasteiger partial charge in [-0.05, 0) is 25.2 Å². The molecule has 1 rings (SSSR count). The minimum absolute atomic E-state index is 0.0122. The molecule has 8 heavy (non-hydrogen) atoms. The van der Waals surface area contributed by atoms with Crippen molar-refractivity contribution >= 4 is 11.6 Å². The number of aliphatic hydroxyl groups excluding tert-OH is 1. The Morgan fingerprint density at radius 3 is 2.62 bits per heavy atom. The van der Waals surface area contributed by atoms with Crippen molar-refractivity contribution in [3.8, 4) is 0 Å². The van der Waals surface area contributed by atoms with Crippen molar-refractivity contribution in [2.75, 3.05) is 5.88 Å². The Kier molecular flexibility index (Phi) is 2.15. The molecule has 0 aromatic rings. The van der Waals surface area contributed by atoms with Crippen molar-refractivity contribution in [3.05, 3.63) is 0 Å². The van der Waals surface area contributed by atoms with Gasteiger partial charge in [0.2, 0.25) is 0 Å². The van der Waals surface area contributed by atoms with Crippen molar-refractivity contribution in [1.29, 1.82) is 0 Å². The van der Waals surface area contributed by atoms with Gasteiger partial charge < -0.3 is 5.11 Å². The monoisotopic (exact) mass is 134 g/mol. The Balaban J connectivity index is 1.89. The zero-order valence-corrected chi connectivity index (χ0v) is 5.56. The van der Waals surface area contributed by atoms with Crippen molar-refractivity contribution in [3.63, 3.8) is 0 Å². The summed E-state index contributed by atoms with van der Waals surface area (Å²) >= 11 is 5.44. The molecule has 1 fully saturated rings. The van der Waals surface area contributed by atoms with Crippen LogP contribution >= 0.6 is 11.6 Å². The Morgan fingerprint density at radius 1 is 1.62 bits per heavy atom. The van der Waals surface area contributed by atoms with Gasteiger partial charge in [0, 0.05) is 5.88 Å². The van der Waals surface area contributed by atoms with Crippen molar-refractivity contribution < 1.29 is 5.11 Å². The first-order valence-corrected chi connectivity index (χ1v) is 3.62. The fourth-order valence-electron chi connectivity index (χ4n) is 0.881. The van der Waals surface area contributed by atoms with Gasteiger partial charge in [-0.15, -0.1) is 11.6 Å². The molecule has 0 spiro atoms. The number of aliphatic hydroxyl groups is 1. The highest BCUT2D eigenvalue weighted by Gasteiger charge is 2.33. The summed E-state index contributed by atoms with van der Waals surface area (Å²) in [6.45, 7) is 0. The number of halogens is 1. The van der Waals surface area contributed by atoms with E-state index in [1.807, 2.05) is 0 Å². The average molecular weight is 135 g/mol. The van der Waals surface area contributed by atoms with E-state index in [1.54, 1.807) is 0 Å². The highest BCUT2D eigenvalue weighted by Crippen LogP contribution is 2.34. The third-order valence-electron chi connectivity index (χ3n) is 1.59. The summed E-state index contributed by atoms with van der Waals surface area (Å²) < 4.78 is 0. The Bertz CT molecular complexity index is 74.9. The average Bonchev–Trinajstić information content (AvgIpc) is 2.42. The third-order valence-corrected chi connectivity index (χ3v) is 1.86. The Labute approximate surface area is 54.7 Å². The molecular weight excluding hydrogens is 124 g/mol. The smallest absolute Gasteiger partial charge is 0.0573 e. The van der Waals surface area contributed by atoms with E-state index in [0.29, 0.717) is 5.92 Å². The first kappa shape index (κ1) is 6.37. The maximum atomic E-state index is 8.81. The molecule has 0 saturated heterocycles. The highest BCUT2D eigenvalue weighted by molar-refractivity contribution is 6.17. The van der Waals surface area contributed by atoms with E-state index in [1.165, 1.54) is 0 Å². The normalized spacial score (nSPS) is 35.2. The summed E-state index contributed by atoms with van der Waals surface area (Å²) in [4.78, 5) is 0. The summed E-state index contributed by atoms with van der Waals surface area (Å²) in [7, 11) is 0. The molecule has 1 unspecified atom stereocenters. The van der Waals surface area contributed by atoms with Crippen LogP contribution in [0.2, 0.25) is 0 Å². The molecule has 0 aromatic carbocycles. The lowest BCUT2D eigenvalue weighted by atomic mass is 10.2. The largest absolute Gasteiger partial charge is 0.393 e. The lowest BCUT2D eigenvalue weighted by molar-refractivity contribution is 0.256. The summed E-state index contributed by atoms with van der Waals surface area (Å²) in [6, 6.07) is 0. The molecule has 1 saturated carbocycles. The predicted molar refractivity (Wildman–Crippen MR) is 34.1 cm³/mol. The SMILES string of the molecule is OC1C[C@H]1CCCCl. The summed E-state index contributed by atoms with van der Waals surface area (Å²) in [5.74, 6) is 1.33. The van der Waals surface area contributed by atoms with E-state index in [-0.39, 0.29) is 6.10 Å². The first-order chi connectivity index (χ1) is 3.84. The molecule has 2 heteroatoms. The number of hydrogen-bond donors (Lipinski definition) is 1. The number of hydrogen-bond acceptors (Lipinski definition) is 1. The molecule has 1 N–H and O–H groups in total. The molecule has 0 amide bonds. The topological polar surface area (TPSA) is 20.2 Å². The summed E-state index contributed by atoms with van der Waals surface area (Å²) in [6.07, 6.45) is 3.20. The van der Waals surface area contributed by atoms with Crippen molar-refractivity contribution in [1.82, 2.24) is 0 Å². The molecule has 2 atom stereocenters. The first-order valence-electron chi connectivity index (χ1n) is 3.08. The second-order valence-corrected chi connectivity index (χ2v) is 2.77. The van der Waals surface area contributed by atoms with Gasteiger partial charge >= 0.3 is 0 Å². The zero-order valence-electron chi connectivity index (χ0n) is 4.81. The van der Waals surface area contributed by atoms with Crippen LogP contribution in [0.4, 0.5) is 0 Å². The summed E-state index contributed by atoms with van der Waals surface area (Å²) in [5, 5.41) is 8.81. The lowest BCUT2D eigenvalue weighted by Gasteiger charge is -1.89. The van der Waals surface area contributed by atoms with Crippen LogP contribution in [-0.4, -0.2) is 17.1 Å². The van der Waals surface area contributed by atoms with Gasteiger partial charge in [-0.3, -0.25) is 0 Å². The lowest BCUT2D eigenvalue weighted by Crippen LogP contribution is -1.85. The quantitative estimate of drug-likeness (QED) is 0.579. The maximum absolute atomic E-state index is 8.81. The molecular formula is C6H11ClO. The van der Waals surface area contributed by atoms with Crippen LogP contribution in [0.15, 0.2) is 0 Å². The zero-order chi connectivity index (χ0) is 5.98. The van der Waals surface area contributed by atoms with Crippen LogP contribution in [-0.2, 0) is 0 Å². The third kappa shape index (κ3) is 1.64. The summed E-state index contributed by atoms with van der Waals surface area (Å²) in [5.41, 5.74) is 0. The van der Waals surface area contributed by atoms with Crippen molar-refractivity contribution in [2.24, 2.45) is 5.92 Å². The van der Waals surface area contributed by atoms with Gasteiger partial charge in [0.15, 0.2) is 0 Å². The van der Waals surface area contributed by atoms with Gasteiger partial charge in [0.05, 0.1) is 6.10 Å². The molecule has 0 aliphatic heterocycles. The molecule has 1 nitrogen and oxygen atoms in total. The van der Waals surface area contributed by atoms with E-state index >= 15 is 0 Å². The van der Waals surface area contributed by atoms with E-state index in [4.69, 9.17) is 16.7 Å². The maximum Gasteiger partial charge on any atom is 0.0573 e. The van der Waals surface area contributed by atoms with Gasteiger partial charge in [0.1, 0.15) is 0 Å².